The Morgan fingerprint density at radius 3 is 1.70 bits per heavy atom. The maximum Gasteiger partial charge on any atom is 0.143 e. The fourth-order valence-corrected chi connectivity index (χ4v) is 7.66. The average molecular weight is 638 g/mol. The first-order valence-electron chi connectivity index (χ1n) is 17.1. The number of rotatable bonds is 5. The van der Waals surface area contributed by atoms with Gasteiger partial charge in [0.2, 0.25) is 0 Å². The molecule has 0 saturated carbocycles. The second kappa shape index (κ2) is 11.5. The molecule has 0 saturated heterocycles. The number of anilines is 3. The van der Waals surface area contributed by atoms with Gasteiger partial charge in [-0.25, -0.2) is 0 Å². The van der Waals surface area contributed by atoms with Crippen molar-refractivity contribution in [2.75, 3.05) is 4.90 Å². The lowest BCUT2D eigenvalue weighted by atomic mass is 9.94. The quantitative estimate of drug-likeness (QED) is 0.175. The van der Waals surface area contributed by atoms with Crippen molar-refractivity contribution in [1.82, 2.24) is 0 Å². The van der Waals surface area contributed by atoms with Crippen molar-refractivity contribution in [3.05, 3.63) is 188 Å². The molecule has 2 heteroatoms. The Labute approximate surface area is 290 Å². The van der Waals surface area contributed by atoms with Crippen LogP contribution in [-0.4, -0.2) is 0 Å². The van der Waals surface area contributed by atoms with Gasteiger partial charge >= 0.3 is 0 Å². The van der Waals surface area contributed by atoms with Gasteiger partial charge in [0.25, 0.3) is 0 Å². The molecule has 0 aliphatic rings. The summed E-state index contributed by atoms with van der Waals surface area (Å²) in [7, 11) is 0. The number of para-hydroxylation sites is 2. The van der Waals surface area contributed by atoms with Crippen molar-refractivity contribution >= 4 is 71.3 Å². The topological polar surface area (TPSA) is 16.4 Å². The molecule has 1 heterocycles. The largest absolute Gasteiger partial charge is 0.455 e. The molecule has 2 nitrogen and oxygen atoms in total. The number of furan rings is 1. The summed E-state index contributed by atoms with van der Waals surface area (Å²) in [4.78, 5) is 2.34. The van der Waals surface area contributed by atoms with E-state index < -0.39 is 0 Å². The Morgan fingerprint density at radius 1 is 0.300 bits per heavy atom. The number of fused-ring (bicyclic) bond motifs is 8. The zero-order chi connectivity index (χ0) is 33.0. The molecule has 0 atom stereocenters. The van der Waals surface area contributed by atoms with Crippen molar-refractivity contribution in [1.29, 1.82) is 0 Å². The molecule has 0 radical (unpaired) electrons. The molecule has 1 aromatic heterocycles. The third kappa shape index (κ3) is 4.57. The van der Waals surface area contributed by atoms with E-state index in [1.807, 2.05) is 0 Å². The maximum atomic E-state index is 6.74. The van der Waals surface area contributed by atoms with Gasteiger partial charge in [-0.3, -0.25) is 0 Å². The van der Waals surface area contributed by atoms with Crippen molar-refractivity contribution in [3.8, 4) is 22.3 Å². The van der Waals surface area contributed by atoms with Crippen LogP contribution < -0.4 is 4.90 Å². The lowest BCUT2D eigenvalue weighted by Crippen LogP contribution is -2.09. The first-order chi connectivity index (χ1) is 24.8. The van der Waals surface area contributed by atoms with Crippen LogP contribution in [0.1, 0.15) is 0 Å². The molecule has 0 amide bonds. The van der Waals surface area contributed by atoms with Crippen molar-refractivity contribution in [3.63, 3.8) is 0 Å². The Hall–Kier alpha value is -6.64. The summed E-state index contributed by atoms with van der Waals surface area (Å²) < 4.78 is 6.74. The first kappa shape index (κ1) is 28.4. The SMILES string of the molecule is c1ccc(-c2cccc3c2oc2c4ccccc4c(-c4ccc(N(c5ccccc5)c5ccc6c(ccc7ccccc76)c5)cc4)cc32)cc1. The molecular weight excluding hydrogens is 607 g/mol. The highest BCUT2D eigenvalue weighted by Gasteiger charge is 2.18. The predicted octanol–water partition coefficient (Wildman–Crippen LogP) is 13.8. The highest BCUT2D eigenvalue weighted by atomic mass is 16.3. The van der Waals surface area contributed by atoms with E-state index in [1.165, 1.54) is 38.1 Å². The molecule has 0 aliphatic carbocycles. The third-order valence-corrected chi connectivity index (χ3v) is 10.0. The third-order valence-electron chi connectivity index (χ3n) is 10.0. The Morgan fingerprint density at radius 2 is 0.880 bits per heavy atom. The Bertz CT molecular complexity index is 2850. The van der Waals surface area contributed by atoms with Crippen LogP contribution in [-0.2, 0) is 0 Å². The monoisotopic (exact) mass is 637 g/mol. The number of nitrogens with zero attached hydrogens (tertiary/aromatic N) is 1. The maximum absolute atomic E-state index is 6.74. The number of hydrogen-bond acceptors (Lipinski definition) is 2. The average Bonchev–Trinajstić information content (AvgIpc) is 3.58. The number of hydrogen-bond donors (Lipinski definition) is 0. The van der Waals surface area contributed by atoms with Gasteiger partial charge in [-0.2, -0.15) is 0 Å². The van der Waals surface area contributed by atoms with Gasteiger partial charge in [0, 0.05) is 38.8 Å². The van der Waals surface area contributed by atoms with Gasteiger partial charge in [-0.15, -0.1) is 0 Å². The van der Waals surface area contributed by atoms with Crippen LogP contribution in [0.4, 0.5) is 17.1 Å². The highest BCUT2D eigenvalue weighted by molar-refractivity contribution is 6.20. The molecular formula is C48H31NO. The smallest absolute Gasteiger partial charge is 0.143 e. The van der Waals surface area contributed by atoms with Gasteiger partial charge in [0.05, 0.1) is 0 Å². The zero-order valence-electron chi connectivity index (χ0n) is 27.3. The second-order valence-electron chi connectivity index (χ2n) is 12.9. The fourth-order valence-electron chi connectivity index (χ4n) is 7.66. The van der Waals surface area contributed by atoms with Gasteiger partial charge in [0.1, 0.15) is 11.2 Å². The minimum absolute atomic E-state index is 0.924. The van der Waals surface area contributed by atoms with Crippen LogP contribution in [0.15, 0.2) is 192 Å². The van der Waals surface area contributed by atoms with E-state index in [9.17, 15) is 0 Å². The van der Waals surface area contributed by atoms with Crippen LogP contribution in [0.2, 0.25) is 0 Å². The molecule has 0 unspecified atom stereocenters. The summed E-state index contributed by atoms with van der Waals surface area (Å²) >= 11 is 0. The van der Waals surface area contributed by atoms with E-state index in [4.69, 9.17) is 4.42 Å². The van der Waals surface area contributed by atoms with Crippen LogP contribution >= 0.6 is 0 Å². The lowest BCUT2D eigenvalue weighted by Gasteiger charge is -2.26. The minimum atomic E-state index is 0.924. The van der Waals surface area contributed by atoms with E-state index >= 15 is 0 Å². The summed E-state index contributed by atoms with van der Waals surface area (Å²) in [5.41, 5.74) is 9.81. The second-order valence-corrected chi connectivity index (χ2v) is 12.9. The van der Waals surface area contributed by atoms with E-state index in [0.717, 1.165) is 55.5 Å². The summed E-state index contributed by atoms with van der Waals surface area (Å²) in [6.45, 7) is 0. The van der Waals surface area contributed by atoms with Gasteiger partial charge in [0.15, 0.2) is 0 Å². The summed E-state index contributed by atoms with van der Waals surface area (Å²) in [6.07, 6.45) is 0. The van der Waals surface area contributed by atoms with Crippen LogP contribution in [0.25, 0.3) is 76.5 Å². The molecule has 10 rings (SSSR count). The van der Waals surface area contributed by atoms with Crippen LogP contribution in [0.5, 0.6) is 0 Å². The van der Waals surface area contributed by atoms with Crippen molar-refractivity contribution in [2.24, 2.45) is 0 Å². The van der Waals surface area contributed by atoms with E-state index in [0.29, 0.717) is 0 Å². The fraction of sp³-hybridized carbons (Fsp3) is 0. The summed E-state index contributed by atoms with van der Waals surface area (Å²) in [6, 6.07) is 67.4. The normalized spacial score (nSPS) is 11.6. The van der Waals surface area contributed by atoms with Gasteiger partial charge < -0.3 is 9.32 Å². The molecule has 0 aliphatic heterocycles. The molecule has 0 spiro atoms. The van der Waals surface area contributed by atoms with E-state index in [-0.39, 0.29) is 0 Å². The summed E-state index contributed by atoms with van der Waals surface area (Å²) in [5, 5.41) is 9.58. The first-order valence-corrected chi connectivity index (χ1v) is 17.1. The van der Waals surface area contributed by atoms with E-state index in [2.05, 4.69) is 193 Å². The molecule has 0 bridgehead atoms. The highest BCUT2D eigenvalue weighted by Crippen LogP contribution is 2.43. The molecule has 50 heavy (non-hydrogen) atoms. The Kier molecular flexibility index (Phi) is 6.53. The predicted molar refractivity (Wildman–Crippen MR) is 212 cm³/mol. The van der Waals surface area contributed by atoms with Crippen molar-refractivity contribution in [2.45, 2.75) is 0 Å². The number of benzene rings is 9. The van der Waals surface area contributed by atoms with Crippen LogP contribution in [0, 0.1) is 0 Å². The lowest BCUT2D eigenvalue weighted by molar-refractivity contribution is 0.674. The molecule has 0 N–H and O–H groups in total. The molecule has 0 fully saturated rings. The molecule has 9 aromatic carbocycles. The van der Waals surface area contributed by atoms with Crippen molar-refractivity contribution < 1.29 is 4.42 Å². The van der Waals surface area contributed by atoms with Gasteiger partial charge in [-0.1, -0.05) is 146 Å². The molecule has 234 valence electrons. The standard InChI is InChI=1S/C48H31NO/c1-3-12-32(13-4-1)41-20-11-21-44-46-31-45(42-18-9-10-19-43(42)48(46)50-47(41)44)34-24-26-37(27-25-34)49(36-15-5-2-6-16-36)38-28-29-40-35(30-38)23-22-33-14-7-8-17-39(33)40/h1-31H. The zero-order valence-corrected chi connectivity index (χ0v) is 27.3. The molecule has 10 aromatic rings. The van der Waals surface area contributed by atoms with Crippen LogP contribution in [0.3, 0.4) is 0 Å². The summed E-state index contributed by atoms with van der Waals surface area (Å²) in [5.74, 6) is 0. The van der Waals surface area contributed by atoms with Gasteiger partial charge in [-0.05, 0) is 86.1 Å². The Balaban J connectivity index is 1.12. The minimum Gasteiger partial charge on any atom is -0.455 e. The van der Waals surface area contributed by atoms with E-state index in [1.54, 1.807) is 0 Å².